The van der Waals surface area contributed by atoms with Crippen LogP contribution in [0.1, 0.15) is 50.4 Å². The first-order valence-corrected chi connectivity index (χ1v) is 9.64. The van der Waals surface area contributed by atoms with E-state index < -0.39 is 10.5 Å². The number of benzene rings is 1. The van der Waals surface area contributed by atoms with Crippen molar-refractivity contribution >= 4 is 29.3 Å². The fraction of sp³-hybridized carbons (Fsp3) is 0.579. The summed E-state index contributed by atoms with van der Waals surface area (Å²) < 4.78 is 5.42. The number of ether oxygens (including phenoxy) is 1. The van der Waals surface area contributed by atoms with Crippen LogP contribution in [-0.2, 0) is 4.74 Å². The van der Waals surface area contributed by atoms with Crippen molar-refractivity contribution in [3.63, 3.8) is 0 Å². The number of halogens is 1. The number of nitro groups is 1. The Morgan fingerprint density at radius 2 is 2.11 bits per heavy atom. The topological polar surface area (TPSA) is 102 Å². The molecule has 1 saturated heterocycles. The number of rotatable bonds is 5. The Morgan fingerprint density at radius 1 is 1.39 bits per heavy atom. The molecule has 1 aliphatic heterocycles. The van der Waals surface area contributed by atoms with Crippen molar-refractivity contribution in [1.29, 1.82) is 0 Å². The van der Waals surface area contributed by atoms with Crippen LogP contribution in [0.15, 0.2) is 18.2 Å². The highest BCUT2D eigenvalue weighted by Gasteiger charge is 2.27. The lowest BCUT2D eigenvalue weighted by atomic mass is 9.95. The maximum Gasteiger partial charge on any atom is 0.410 e. The minimum absolute atomic E-state index is 0.0421. The summed E-state index contributed by atoms with van der Waals surface area (Å²) >= 11 is 5.98. The molecule has 1 aliphatic rings. The summed E-state index contributed by atoms with van der Waals surface area (Å²) in [6.45, 7) is 7.22. The third-order valence-electron chi connectivity index (χ3n) is 4.42. The van der Waals surface area contributed by atoms with Gasteiger partial charge in [0, 0.05) is 31.8 Å². The van der Waals surface area contributed by atoms with E-state index in [4.69, 9.17) is 16.3 Å². The Labute approximate surface area is 169 Å². The average Bonchev–Trinajstić information content (AvgIpc) is 2.60. The number of hydrogen-bond acceptors (Lipinski definition) is 5. The van der Waals surface area contributed by atoms with Gasteiger partial charge in [-0.05, 0) is 52.0 Å². The van der Waals surface area contributed by atoms with E-state index in [0.29, 0.717) is 19.6 Å². The quantitative estimate of drug-likeness (QED) is 0.582. The highest BCUT2D eigenvalue weighted by molar-refractivity contribution is 6.34. The number of nitrogens with one attached hydrogen (secondary N) is 1. The van der Waals surface area contributed by atoms with Crippen molar-refractivity contribution in [2.45, 2.75) is 45.6 Å². The lowest BCUT2D eigenvalue weighted by Crippen LogP contribution is -2.43. The second-order valence-electron chi connectivity index (χ2n) is 7.90. The van der Waals surface area contributed by atoms with Gasteiger partial charge >= 0.3 is 6.09 Å². The van der Waals surface area contributed by atoms with Gasteiger partial charge < -0.3 is 15.0 Å². The van der Waals surface area contributed by atoms with Crippen LogP contribution in [0, 0.1) is 16.0 Å². The highest BCUT2D eigenvalue weighted by Crippen LogP contribution is 2.23. The molecule has 8 nitrogen and oxygen atoms in total. The molecular formula is C19H26ClN3O5. The van der Waals surface area contributed by atoms with Crippen LogP contribution in [0.5, 0.6) is 0 Å². The molecule has 1 N–H and O–H groups in total. The van der Waals surface area contributed by atoms with Crippen LogP contribution >= 0.6 is 11.6 Å². The second-order valence-corrected chi connectivity index (χ2v) is 8.31. The smallest absolute Gasteiger partial charge is 0.410 e. The first-order chi connectivity index (χ1) is 13.1. The van der Waals surface area contributed by atoms with E-state index >= 15 is 0 Å². The molecule has 0 radical (unpaired) electrons. The predicted octanol–water partition coefficient (Wildman–Crippen LogP) is 4.02. The van der Waals surface area contributed by atoms with E-state index in [-0.39, 0.29) is 34.2 Å². The van der Waals surface area contributed by atoms with Gasteiger partial charge in [0.1, 0.15) is 5.60 Å². The predicted molar refractivity (Wildman–Crippen MR) is 106 cm³/mol. The Bertz CT molecular complexity index is 748. The van der Waals surface area contributed by atoms with Gasteiger partial charge in [0.2, 0.25) is 0 Å². The summed E-state index contributed by atoms with van der Waals surface area (Å²) in [5, 5.41) is 13.6. The largest absolute Gasteiger partial charge is 0.444 e. The molecule has 1 heterocycles. The SMILES string of the molecule is CC(C)(C)OC(=O)N1CCCC(CCNC(=O)c2ccc([N+](=O)[O-])cc2Cl)C1. The van der Waals surface area contributed by atoms with Gasteiger partial charge in [0.05, 0.1) is 15.5 Å². The van der Waals surface area contributed by atoms with Gasteiger partial charge in [0.25, 0.3) is 11.6 Å². The molecule has 1 aromatic carbocycles. The monoisotopic (exact) mass is 411 g/mol. The molecule has 28 heavy (non-hydrogen) atoms. The summed E-state index contributed by atoms with van der Waals surface area (Å²) in [6.07, 6.45) is 2.29. The van der Waals surface area contributed by atoms with E-state index in [0.717, 1.165) is 25.3 Å². The van der Waals surface area contributed by atoms with Crippen LogP contribution in [0.2, 0.25) is 5.02 Å². The van der Waals surface area contributed by atoms with Crippen molar-refractivity contribution in [2.75, 3.05) is 19.6 Å². The van der Waals surface area contributed by atoms with E-state index in [1.165, 1.54) is 12.1 Å². The summed E-state index contributed by atoms with van der Waals surface area (Å²) in [7, 11) is 0. The van der Waals surface area contributed by atoms with E-state index in [1.54, 1.807) is 4.90 Å². The van der Waals surface area contributed by atoms with E-state index in [2.05, 4.69) is 5.32 Å². The molecule has 2 amide bonds. The molecule has 1 aromatic rings. The average molecular weight is 412 g/mol. The second kappa shape index (κ2) is 9.23. The highest BCUT2D eigenvalue weighted by atomic mass is 35.5. The fourth-order valence-corrected chi connectivity index (χ4v) is 3.34. The van der Waals surface area contributed by atoms with Crippen LogP contribution < -0.4 is 5.32 Å². The lowest BCUT2D eigenvalue weighted by Gasteiger charge is -2.34. The van der Waals surface area contributed by atoms with Gasteiger partial charge in [0.15, 0.2) is 0 Å². The third kappa shape index (κ3) is 6.37. The summed E-state index contributed by atoms with van der Waals surface area (Å²) in [6, 6.07) is 3.76. The first kappa shape index (κ1) is 21.9. The zero-order valence-electron chi connectivity index (χ0n) is 16.4. The summed E-state index contributed by atoms with van der Waals surface area (Å²) in [5.74, 6) is -0.103. The third-order valence-corrected chi connectivity index (χ3v) is 4.73. The number of piperidine rings is 1. The number of likely N-dealkylation sites (tertiary alicyclic amines) is 1. The Morgan fingerprint density at radius 3 is 2.71 bits per heavy atom. The maximum atomic E-state index is 12.3. The van der Waals surface area contributed by atoms with Crippen molar-refractivity contribution < 1.29 is 19.2 Å². The molecule has 0 bridgehead atoms. The molecule has 0 aromatic heterocycles. The zero-order valence-corrected chi connectivity index (χ0v) is 17.1. The van der Waals surface area contributed by atoms with Gasteiger partial charge in [-0.3, -0.25) is 14.9 Å². The fourth-order valence-electron chi connectivity index (χ4n) is 3.08. The number of nitrogens with zero attached hydrogens (tertiary/aromatic N) is 2. The van der Waals surface area contributed by atoms with Crippen LogP contribution in [0.3, 0.4) is 0 Å². The minimum Gasteiger partial charge on any atom is -0.444 e. The molecule has 2 rings (SSSR count). The number of amides is 2. The first-order valence-electron chi connectivity index (χ1n) is 9.27. The van der Waals surface area contributed by atoms with Gasteiger partial charge in [-0.15, -0.1) is 0 Å². The Balaban J connectivity index is 1.83. The van der Waals surface area contributed by atoms with Gasteiger partial charge in [-0.1, -0.05) is 11.6 Å². The lowest BCUT2D eigenvalue weighted by molar-refractivity contribution is -0.384. The molecule has 1 fully saturated rings. The molecule has 1 atom stereocenters. The van der Waals surface area contributed by atoms with Crippen LogP contribution in [0.25, 0.3) is 0 Å². The van der Waals surface area contributed by atoms with Crippen molar-refractivity contribution in [2.24, 2.45) is 5.92 Å². The molecule has 0 spiro atoms. The number of hydrogen-bond donors (Lipinski definition) is 1. The van der Waals surface area contributed by atoms with E-state index in [9.17, 15) is 19.7 Å². The molecule has 0 saturated carbocycles. The van der Waals surface area contributed by atoms with Crippen molar-refractivity contribution in [3.05, 3.63) is 38.9 Å². The maximum absolute atomic E-state index is 12.3. The van der Waals surface area contributed by atoms with Crippen LogP contribution in [0.4, 0.5) is 10.5 Å². The molecule has 9 heteroatoms. The zero-order chi connectivity index (χ0) is 20.9. The Kier molecular flexibility index (Phi) is 7.23. The normalized spacial score (nSPS) is 17.1. The standard InChI is InChI=1S/C19H26ClN3O5/c1-19(2,3)28-18(25)22-10-4-5-13(12-22)8-9-21-17(24)15-7-6-14(23(26)27)11-16(15)20/h6-7,11,13H,4-5,8-10,12H2,1-3H3,(H,21,24). The van der Waals surface area contributed by atoms with Gasteiger partial charge in [-0.25, -0.2) is 4.79 Å². The minimum atomic E-state index is -0.562. The Hall–Kier alpha value is -2.35. The molecule has 1 unspecified atom stereocenters. The summed E-state index contributed by atoms with van der Waals surface area (Å²) in [4.78, 5) is 36.4. The van der Waals surface area contributed by atoms with Crippen LogP contribution in [-0.4, -0.2) is 47.1 Å². The number of carbonyl (C=O) groups excluding carboxylic acids is 2. The van der Waals surface area contributed by atoms with E-state index in [1.807, 2.05) is 20.8 Å². The number of carbonyl (C=O) groups is 2. The number of non-ortho nitro benzene ring substituents is 1. The van der Waals surface area contributed by atoms with Crippen molar-refractivity contribution in [3.8, 4) is 0 Å². The van der Waals surface area contributed by atoms with Crippen molar-refractivity contribution in [1.82, 2.24) is 10.2 Å². The molecule has 0 aliphatic carbocycles. The molecule has 154 valence electrons. The number of nitro benzene ring substituents is 1. The summed E-state index contributed by atoms with van der Waals surface area (Å²) in [5.41, 5.74) is -0.487. The van der Waals surface area contributed by atoms with Gasteiger partial charge in [-0.2, -0.15) is 0 Å². The molecular weight excluding hydrogens is 386 g/mol.